The van der Waals surface area contributed by atoms with Crippen LogP contribution in [0.2, 0.25) is 0 Å². The molecule has 2 nitrogen and oxygen atoms in total. The van der Waals surface area contributed by atoms with Gasteiger partial charge in [0.1, 0.15) is 0 Å². The second-order valence-corrected chi connectivity index (χ2v) is 5.58. The van der Waals surface area contributed by atoms with Crippen LogP contribution in [0.1, 0.15) is 36.6 Å². The maximum atomic E-state index is 12.5. The number of hydrogen-bond acceptors (Lipinski definition) is 1. The molecular weight excluding hydrogens is 277 g/mol. The first-order valence-electron chi connectivity index (χ1n) is 6.85. The first-order valence-corrected chi connectivity index (χ1v) is 6.85. The summed E-state index contributed by atoms with van der Waals surface area (Å²) in [5.41, 5.74) is 7.31. The summed E-state index contributed by atoms with van der Waals surface area (Å²) in [4.78, 5) is 0. The van der Waals surface area contributed by atoms with Gasteiger partial charge in [0.25, 0.3) is 0 Å². The summed E-state index contributed by atoms with van der Waals surface area (Å²) in [6.07, 6.45) is -0.444. The summed E-state index contributed by atoms with van der Waals surface area (Å²) in [7, 11) is 0. The molecule has 1 atom stereocenters. The monoisotopic (exact) mass is 296 g/mol. The molecule has 0 amide bonds. The Morgan fingerprint density at radius 1 is 1.10 bits per heavy atom. The van der Waals surface area contributed by atoms with Crippen LogP contribution < -0.4 is 5.73 Å². The lowest BCUT2D eigenvalue weighted by Crippen LogP contribution is -2.15. The fourth-order valence-electron chi connectivity index (χ4n) is 2.15. The molecule has 2 aromatic rings. The highest BCUT2D eigenvalue weighted by molar-refractivity contribution is 5.25. The highest BCUT2D eigenvalue weighted by Crippen LogP contribution is 2.29. The summed E-state index contributed by atoms with van der Waals surface area (Å²) in [5.74, 6) is 0.340. The molecule has 0 aliphatic rings. The third-order valence-corrected chi connectivity index (χ3v) is 3.52. The van der Waals surface area contributed by atoms with Gasteiger partial charge in [-0.2, -0.15) is 13.2 Å². The van der Waals surface area contributed by atoms with Gasteiger partial charge in [0.05, 0.1) is 5.56 Å². The fourth-order valence-corrected chi connectivity index (χ4v) is 2.15. The molecule has 0 saturated heterocycles. The lowest BCUT2D eigenvalue weighted by molar-refractivity contribution is -0.137. The van der Waals surface area contributed by atoms with E-state index in [-0.39, 0.29) is 6.04 Å². The second-order valence-electron chi connectivity index (χ2n) is 5.58. The van der Waals surface area contributed by atoms with Crippen molar-refractivity contribution >= 4 is 0 Å². The predicted molar refractivity (Wildman–Crippen MR) is 76.7 cm³/mol. The van der Waals surface area contributed by atoms with E-state index in [4.69, 9.17) is 5.73 Å². The van der Waals surface area contributed by atoms with Crippen molar-refractivity contribution in [2.24, 2.45) is 11.7 Å². The molecule has 0 spiro atoms. The van der Waals surface area contributed by atoms with Gasteiger partial charge in [-0.05, 0) is 35.2 Å². The molecule has 1 unspecified atom stereocenters. The van der Waals surface area contributed by atoms with E-state index in [1.165, 1.54) is 12.1 Å². The van der Waals surface area contributed by atoms with Crippen LogP contribution in [0.5, 0.6) is 0 Å². The zero-order valence-electron chi connectivity index (χ0n) is 12.1. The molecule has 0 aliphatic heterocycles. The Kier molecular flexibility index (Phi) is 4.42. The highest BCUT2D eigenvalue weighted by atomic mass is 19.4. The van der Waals surface area contributed by atoms with E-state index >= 15 is 0 Å². The molecule has 2 rings (SSSR count). The first-order chi connectivity index (χ1) is 9.77. The van der Waals surface area contributed by atoms with Crippen molar-refractivity contribution in [1.82, 2.24) is 4.57 Å². The summed E-state index contributed by atoms with van der Waals surface area (Å²) in [6, 6.07) is 7.16. The minimum absolute atomic E-state index is 0.0288. The van der Waals surface area contributed by atoms with Crippen molar-refractivity contribution in [1.29, 1.82) is 0 Å². The topological polar surface area (TPSA) is 30.9 Å². The molecule has 0 aliphatic carbocycles. The van der Waals surface area contributed by atoms with Gasteiger partial charge in [-0.3, -0.25) is 0 Å². The predicted octanol–water partition coefficient (Wildman–Crippen LogP) is 4.21. The number of benzene rings is 1. The second kappa shape index (κ2) is 5.93. The van der Waals surface area contributed by atoms with E-state index in [1.807, 2.05) is 23.0 Å². The Hall–Kier alpha value is -1.75. The Morgan fingerprint density at radius 3 is 2.24 bits per heavy atom. The summed E-state index contributed by atoms with van der Waals surface area (Å²) in [5, 5.41) is 0. The van der Waals surface area contributed by atoms with Crippen LogP contribution in [0.25, 0.3) is 0 Å². The molecule has 1 aromatic carbocycles. The summed E-state index contributed by atoms with van der Waals surface area (Å²) >= 11 is 0. The van der Waals surface area contributed by atoms with E-state index in [0.717, 1.165) is 23.3 Å². The van der Waals surface area contributed by atoms with E-state index in [0.29, 0.717) is 12.5 Å². The fraction of sp³-hybridized carbons (Fsp3) is 0.375. The quantitative estimate of drug-likeness (QED) is 0.900. The average Bonchev–Trinajstić information content (AvgIpc) is 2.85. The minimum Gasteiger partial charge on any atom is -0.350 e. The zero-order chi connectivity index (χ0) is 15.6. The molecule has 21 heavy (non-hydrogen) atoms. The largest absolute Gasteiger partial charge is 0.416 e. The summed E-state index contributed by atoms with van der Waals surface area (Å²) < 4.78 is 39.4. The maximum absolute atomic E-state index is 12.5. The van der Waals surface area contributed by atoms with Crippen molar-refractivity contribution in [3.63, 3.8) is 0 Å². The van der Waals surface area contributed by atoms with E-state index in [9.17, 15) is 13.2 Å². The summed E-state index contributed by atoms with van der Waals surface area (Å²) in [6.45, 7) is 4.64. The third kappa shape index (κ3) is 3.88. The van der Waals surface area contributed by atoms with Gasteiger partial charge in [0.15, 0.2) is 0 Å². The van der Waals surface area contributed by atoms with Crippen LogP contribution in [-0.2, 0) is 12.7 Å². The molecule has 2 N–H and O–H groups in total. The lowest BCUT2D eigenvalue weighted by atomic mass is 10.00. The van der Waals surface area contributed by atoms with Crippen molar-refractivity contribution in [2.45, 2.75) is 32.6 Å². The van der Waals surface area contributed by atoms with Gasteiger partial charge in [-0.1, -0.05) is 26.0 Å². The number of rotatable bonds is 4. The van der Waals surface area contributed by atoms with Crippen molar-refractivity contribution in [3.8, 4) is 0 Å². The molecule has 0 fully saturated rings. The molecular formula is C16H19F3N2. The zero-order valence-corrected chi connectivity index (χ0v) is 12.1. The van der Waals surface area contributed by atoms with Crippen LogP contribution in [0.4, 0.5) is 13.2 Å². The molecule has 1 aromatic heterocycles. The Labute approximate surface area is 122 Å². The average molecular weight is 296 g/mol. The highest BCUT2D eigenvalue weighted by Gasteiger charge is 2.29. The third-order valence-electron chi connectivity index (χ3n) is 3.52. The molecule has 0 radical (unpaired) electrons. The normalized spacial score (nSPS) is 13.7. The van der Waals surface area contributed by atoms with Crippen molar-refractivity contribution in [2.75, 3.05) is 0 Å². The Balaban J connectivity index is 2.09. The van der Waals surface area contributed by atoms with Crippen LogP contribution in [-0.4, -0.2) is 4.57 Å². The van der Waals surface area contributed by atoms with Crippen LogP contribution >= 0.6 is 0 Å². The van der Waals surface area contributed by atoms with E-state index < -0.39 is 11.7 Å². The SMILES string of the molecule is CC(C)C(N)c1ccn(Cc2ccc(C(F)(F)F)cc2)c1. The molecule has 5 heteroatoms. The smallest absolute Gasteiger partial charge is 0.350 e. The minimum atomic E-state index is -4.29. The van der Waals surface area contributed by atoms with Crippen molar-refractivity contribution < 1.29 is 13.2 Å². The van der Waals surface area contributed by atoms with Crippen LogP contribution in [0.3, 0.4) is 0 Å². The van der Waals surface area contributed by atoms with Gasteiger partial charge in [-0.25, -0.2) is 0 Å². The van der Waals surface area contributed by atoms with Gasteiger partial charge < -0.3 is 10.3 Å². The van der Waals surface area contributed by atoms with Crippen LogP contribution in [0, 0.1) is 5.92 Å². The number of nitrogens with two attached hydrogens (primary N) is 1. The molecule has 0 saturated carbocycles. The van der Waals surface area contributed by atoms with Gasteiger partial charge in [-0.15, -0.1) is 0 Å². The Bertz CT molecular complexity index is 582. The van der Waals surface area contributed by atoms with Gasteiger partial charge in [0, 0.05) is 25.0 Å². The number of alkyl halides is 3. The van der Waals surface area contributed by atoms with Crippen molar-refractivity contribution in [3.05, 3.63) is 59.4 Å². The number of nitrogens with zero attached hydrogens (tertiary/aromatic N) is 1. The van der Waals surface area contributed by atoms with E-state index in [2.05, 4.69) is 13.8 Å². The standard InChI is InChI=1S/C16H19F3N2/c1-11(2)15(20)13-7-8-21(10-13)9-12-3-5-14(6-4-12)16(17,18)19/h3-8,10-11,15H,9,20H2,1-2H3. The molecule has 114 valence electrons. The number of aromatic nitrogens is 1. The first kappa shape index (κ1) is 15.6. The lowest BCUT2D eigenvalue weighted by Gasteiger charge is -2.13. The Morgan fingerprint density at radius 2 is 1.71 bits per heavy atom. The van der Waals surface area contributed by atoms with Crippen LogP contribution in [0.15, 0.2) is 42.7 Å². The molecule has 1 heterocycles. The van der Waals surface area contributed by atoms with Gasteiger partial charge >= 0.3 is 6.18 Å². The number of halogens is 3. The number of hydrogen-bond donors (Lipinski definition) is 1. The molecule has 0 bridgehead atoms. The van der Waals surface area contributed by atoms with Gasteiger partial charge in [0.2, 0.25) is 0 Å². The van der Waals surface area contributed by atoms with E-state index in [1.54, 1.807) is 0 Å². The maximum Gasteiger partial charge on any atom is 0.416 e.